The Labute approximate surface area is 187 Å². The van der Waals surface area contributed by atoms with Gasteiger partial charge in [-0.2, -0.15) is 0 Å². The van der Waals surface area contributed by atoms with Crippen LogP contribution in [0.3, 0.4) is 0 Å². The van der Waals surface area contributed by atoms with Crippen LogP contribution in [0.4, 0.5) is 0 Å². The number of nitrogens with one attached hydrogen (secondary N) is 1. The lowest BCUT2D eigenvalue weighted by Crippen LogP contribution is -2.49. The summed E-state index contributed by atoms with van der Waals surface area (Å²) < 4.78 is 0. The number of hydrogen-bond acceptors (Lipinski definition) is 3. The topological polar surface area (TPSA) is 49.4 Å². The first-order valence-corrected chi connectivity index (χ1v) is 11.5. The van der Waals surface area contributed by atoms with Crippen LogP contribution in [0.25, 0.3) is 0 Å². The Kier molecular flexibility index (Phi) is 9.85. The maximum absolute atomic E-state index is 13.1. The van der Waals surface area contributed by atoms with E-state index >= 15 is 0 Å². The second-order valence-electron chi connectivity index (χ2n) is 6.52. The SMILES string of the molecule is CCNC(=O)[C@H](CC)N(Cc1ccccc1)C(=O)CSCc1c(Cl)cccc1Cl. The molecule has 2 amide bonds. The van der Waals surface area contributed by atoms with Crippen LogP contribution in [0.1, 0.15) is 31.4 Å². The fourth-order valence-corrected chi connectivity index (χ4v) is 4.63. The predicted molar refractivity (Wildman–Crippen MR) is 122 cm³/mol. The molecule has 29 heavy (non-hydrogen) atoms. The average molecular weight is 453 g/mol. The zero-order valence-corrected chi connectivity index (χ0v) is 19.0. The molecule has 1 atom stereocenters. The summed E-state index contributed by atoms with van der Waals surface area (Å²) in [5, 5.41) is 4.02. The molecule has 156 valence electrons. The summed E-state index contributed by atoms with van der Waals surface area (Å²) in [4.78, 5) is 27.3. The fraction of sp³-hybridized carbons (Fsp3) is 0.364. The summed E-state index contributed by atoms with van der Waals surface area (Å²) >= 11 is 13.9. The molecule has 0 radical (unpaired) electrons. The molecule has 1 N–H and O–H groups in total. The van der Waals surface area contributed by atoms with Crippen LogP contribution in [-0.2, 0) is 21.9 Å². The molecule has 4 nitrogen and oxygen atoms in total. The molecule has 2 rings (SSSR count). The number of nitrogens with zero attached hydrogens (tertiary/aromatic N) is 1. The molecule has 0 aliphatic heterocycles. The van der Waals surface area contributed by atoms with Crippen LogP contribution in [0, 0.1) is 0 Å². The number of carbonyl (C=O) groups is 2. The summed E-state index contributed by atoms with van der Waals surface area (Å²) in [5.41, 5.74) is 1.81. The normalized spacial score (nSPS) is 11.7. The molecule has 7 heteroatoms. The van der Waals surface area contributed by atoms with Gasteiger partial charge in [0.05, 0.1) is 5.75 Å². The molecule has 0 fully saturated rings. The van der Waals surface area contributed by atoms with E-state index in [-0.39, 0.29) is 17.6 Å². The number of rotatable bonds is 10. The van der Waals surface area contributed by atoms with E-state index in [1.54, 1.807) is 23.1 Å². The van der Waals surface area contributed by atoms with Crippen LogP contribution < -0.4 is 5.32 Å². The molecule has 0 aliphatic carbocycles. The molecule has 0 saturated heterocycles. The van der Waals surface area contributed by atoms with E-state index in [1.165, 1.54) is 11.8 Å². The Hall–Kier alpha value is -1.69. The summed E-state index contributed by atoms with van der Waals surface area (Å²) in [6.07, 6.45) is 0.547. The van der Waals surface area contributed by atoms with Crippen molar-refractivity contribution < 1.29 is 9.59 Å². The van der Waals surface area contributed by atoms with Gasteiger partial charge >= 0.3 is 0 Å². The monoisotopic (exact) mass is 452 g/mol. The first-order chi connectivity index (χ1) is 14.0. The third-order valence-corrected chi connectivity index (χ3v) is 6.12. The number of likely N-dealkylation sites (N-methyl/N-ethyl adjacent to an activating group) is 1. The minimum Gasteiger partial charge on any atom is -0.355 e. The summed E-state index contributed by atoms with van der Waals surface area (Å²) in [5.74, 6) is 0.560. The quantitative estimate of drug-likeness (QED) is 0.540. The van der Waals surface area contributed by atoms with Crippen molar-refractivity contribution in [2.24, 2.45) is 0 Å². The second kappa shape index (κ2) is 12.1. The van der Waals surface area contributed by atoms with E-state index in [0.29, 0.717) is 35.3 Å². The number of benzene rings is 2. The molecule has 2 aromatic rings. The van der Waals surface area contributed by atoms with Gasteiger partial charge in [0.2, 0.25) is 11.8 Å². The molecule has 0 bridgehead atoms. The smallest absolute Gasteiger partial charge is 0.242 e. The highest BCUT2D eigenvalue weighted by atomic mass is 35.5. The molecular weight excluding hydrogens is 427 g/mol. The lowest BCUT2D eigenvalue weighted by molar-refractivity contribution is -0.139. The van der Waals surface area contributed by atoms with E-state index in [4.69, 9.17) is 23.2 Å². The van der Waals surface area contributed by atoms with E-state index in [1.807, 2.05) is 44.2 Å². The summed E-state index contributed by atoms with van der Waals surface area (Å²) in [6.45, 7) is 4.71. The maximum atomic E-state index is 13.1. The molecule has 0 saturated carbocycles. The van der Waals surface area contributed by atoms with Crippen LogP contribution in [0.15, 0.2) is 48.5 Å². The van der Waals surface area contributed by atoms with Gasteiger partial charge in [0.1, 0.15) is 6.04 Å². The number of thioether (sulfide) groups is 1. The number of hydrogen-bond donors (Lipinski definition) is 1. The maximum Gasteiger partial charge on any atom is 0.242 e. The Morgan fingerprint density at radius 1 is 1.03 bits per heavy atom. The van der Waals surface area contributed by atoms with E-state index in [2.05, 4.69) is 5.32 Å². The highest BCUT2D eigenvalue weighted by Gasteiger charge is 2.28. The van der Waals surface area contributed by atoms with Crippen molar-refractivity contribution in [3.05, 3.63) is 69.7 Å². The molecule has 0 aliphatic rings. The van der Waals surface area contributed by atoms with Gasteiger partial charge in [-0.05, 0) is 36.6 Å². The minimum atomic E-state index is -0.507. The number of carbonyl (C=O) groups excluding carboxylic acids is 2. The third kappa shape index (κ3) is 6.95. The van der Waals surface area contributed by atoms with Gasteiger partial charge in [0.25, 0.3) is 0 Å². The first kappa shape index (κ1) is 23.6. The van der Waals surface area contributed by atoms with Crippen molar-refractivity contribution in [3.63, 3.8) is 0 Å². The molecule has 0 unspecified atom stereocenters. The summed E-state index contributed by atoms with van der Waals surface area (Å²) in [6, 6.07) is 14.6. The van der Waals surface area contributed by atoms with Gasteiger partial charge in [-0.3, -0.25) is 9.59 Å². The number of halogens is 2. The van der Waals surface area contributed by atoms with Gasteiger partial charge in [-0.15, -0.1) is 11.8 Å². The van der Waals surface area contributed by atoms with Crippen LogP contribution in [0.5, 0.6) is 0 Å². The Morgan fingerprint density at radius 3 is 2.28 bits per heavy atom. The Bertz CT molecular complexity index is 797. The number of amides is 2. The largest absolute Gasteiger partial charge is 0.355 e. The van der Waals surface area contributed by atoms with Crippen molar-refractivity contribution in [2.45, 2.75) is 38.6 Å². The predicted octanol–water partition coefficient (Wildman–Crippen LogP) is 5.17. The standard InChI is InChI=1S/C22H26Cl2N2O2S/c1-3-20(22(28)25-4-2)26(13-16-9-6-5-7-10-16)21(27)15-29-14-17-18(23)11-8-12-19(17)24/h5-12,20H,3-4,13-15H2,1-2H3,(H,25,28)/t20-/m0/s1. The van der Waals surface area contributed by atoms with E-state index in [0.717, 1.165) is 11.1 Å². The van der Waals surface area contributed by atoms with Crippen LogP contribution in [0.2, 0.25) is 10.0 Å². The highest BCUT2D eigenvalue weighted by molar-refractivity contribution is 7.99. The second-order valence-corrected chi connectivity index (χ2v) is 8.32. The summed E-state index contributed by atoms with van der Waals surface area (Å²) in [7, 11) is 0. The Morgan fingerprint density at radius 2 is 1.69 bits per heavy atom. The molecule has 2 aromatic carbocycles. The molecular formula is C22H26Cl2N2O2S. The van der Waals surface area contributed by atoms with Gasteiger partial charge in [-0.25, -0.2) is 0 Å². The molecule has 0 spiro atoms. The van der Waals surface area contributed by atoms with E-state index in [9.17, 15) is 9.59 Å². The van der Waals surface area contributed by atoms with Crippen molar-refractivity contribution in [1.29, 1.82) is 0 Å². The molecule has 0 heterocycles. The van der Waals surface area contributed by atoms with Crippen molar-refractivity contribution in [2.75, 3.05) is 12.3 Å². The van der Waals surface area contributed by atoms with Crippen molar-refractivity contribution in [3.8, 4) is 0 Å². The third-order valence-electron chi connectivity index (χ3n) is 4.47. The van der Waals surface area contributed by atoms with Crippen LogP contribution in [-0.4, -0.2) is 35.1 Å². The molecule has 0 aromatic heterocycles. The van der Waals surface area contributed by atoms with Gasteiger partial charge in [0.15, 0.2) is 0 Å². The zero-order valence-electron chi connectivity index (χ0n) is 16.7. The lowest BCUT2D eigenvalue weighted by Gasteiger charge is -2.30. The van der Waals surface area contributed by atoms with Gasteiger partial charge in [0, 0.05) is 28.9 Å². The van der Waals surface area contributed by atoms with Gasteiger partial charge < -0.3 is 10.2 Å². The van der Waals surface area contributed by atoms with Crippen molar-refractivity contribution >= 4 is 46.8 Å². The average Bonchev–Trinajstić information content (AvgIpc) is 2.71. The first-order valence-electron chi connectivity index (χ1n) is 9.59. The van der Waals surface area contributed by atoms with Crippen molar-refractivity contribution in [1.82, 2.24) is 10.2 Å². The van der Waals surface area contributed by atoms with Crippen LogP contribution >= 0.6 is 35.0 Å². The fourth-order valence-electron chi connectivity index (χ4n) is 2.99. The Balaban J connectivity index is 2.11. The van der Waals surface area contributed by atoms with E-state index < -0.39 is 6.04 Å². The zero-order chi connectivity index (χ0) is 21.2. The van der Waals surface area contributed by atoms with Gasteiger partial charge in [-0.1, -0.05) is 66.5 Å². The highest BCUT2D eigenvalue weighted by Crippen LogP contribution is 2.28. The minimum absolute atomic E-state index is 0.0832. The lowest BCUT2D eigenvalue weighted by atomic mass is 10.1.